The van der Waals surface area contributed by atoms with E-state index in [1.54, 1.807) is 0 Å². The molecule has 0 rings (SSSR count). The molecule has 0 aliphatic rings. The Morgan fingerprint density at radius 3 is 2.29 bits per heavy atom. The van der Waals surface area contributed by atoms with Crippen molar-refractivity contribution < 1.29 is 9.90 Å². The molecule has 3 heteroatoms. The zero-order valence-electron chi connectivity index (χ0n) is 9.71. The second-order valence-corrected chi connectivity index (χ2v) is 4.55. The fraction of sp³-hybridized carbons (Fsp3) is 0.909. The molecule has 0 radical (unpaired) electrons. The molecule has 0 aliphatic heterocycles. The lowest BCUT2D eigenvalue weighted by Gasteiger charge is -2.14. The van der Waals surface area contributed by atoms with Crippen molar-refractivity contribution in [1.29, 1.82) is 0 Å². The predicted octanol–water partition coefficient (Wildman–Crippen LogP) is 1.56. The number of aliphatic hydroxyl groups is 1. The maximum absolute atomic E-state index is 11.2. The SMILES string of the molecule is CC(C)CC(=O)NCCC(O)C(C)C. The Kier molecular flexibility index (Phi) is 6.54. The molecule has 0 fully saturated rings. The Morgan fingerprint density at radius 1 is 1.29 bits per heavy atom. The first kappa shape index (κ1) is 13.4. The largest absolute Gasteiger partial charge is 0.393 e. The summed E-state index contributed by atoms with van der Waals surface area (Å²) >= 11 is 0. The molecular weight excluding hydrogens is 178 g/mol. The van der Waals surface area contributed by atoms with Crippen LogP contribution in [0.3, 0.4) is 0 Å². The zero-order chi connectivity index (χ0) is 11.1. The Morgan fingerprint density at radius 2 is 1.86 bits per heavy atom. The third kappa shape index (κ3) is 6.89. The van der Waals surface area contributed by atoms with Crippen molar-refractivity contribution in [3.05, 3.63) is 0 Å². The third-order valence-electron chi connectivity index (χ3n) is 2.13. The summed E-state index contributed by atoms with van der Waals surface area (Å²) in [6.45, 7) is 8.55. The van der Waals surface area contributed by atoms with Gasteiger partial charge in [0.2, 0.25) is 5.91 Å². The van der Waals surface area contributed by atoms with E-state index in [0.29, 0.717) is 25.3 Å². The van der Waals surface area contributed by atoms with E-state index in [1.807, 2.05) is 27.7 Å². The minimum atomic E-state index is -0.311. The lowest BCUT2D eigenvalue weighted by atomic mass is 10.0. The van der Waals surface area contributed by atoms with E-state index in [4.69, 9.17) is 0 Å². The quantitative estimate of drug-likeness (QED) is 0.685. The summed E-state index contributed by atoms with van der Waals surface area (Å²) in [5, 5.41) is 12.3. The van der Waals surface area contributed by atoms with Crippen LogP contribution in [0.25, 0.3) is 0 Å². The van der Waals surface area contributed by atoms with E-state index in [2.05, 4.69) is 5.32 Å². The summed E-state index contributed by atoms with van der Waals surface area (Å²) in [5.41, 5.74) is 0. The molecule has 0 bridgehead atoms. The Hall–Kier alpha value is -0.570. The highest BCUT2D eigenvalue weighted by atomic mass is 16.3. The van der Waals surface area contributed by atoms with Crippen molar-refractivity contribution in [2.24, 2.45) is 11.8 Å². The van der Waals surface area contributed by atoms with E-state index in [9.17, 15) is 9.90 Å². The van der Waals surface area contributed by atoms with E-state index in [0.717, 1.165) is 0 Å². The molecule has 0 aromatic carbocycles. The topological polar surface area (TPSA) is 49.3 Å². The Labute approximate surface area is 86.9 Å². The fourth-order valence-corrected chi connectivity index (χ4v) is 1.14. The van der Waals surface area contributed by atoms with Crippen molar-refractivity contribution in [3.8, 4) is 0 Å². The number of hydrogen-bond donors (Lipinski definition) is 2. The van der Waals surface area contributed by atoms with Gasteiger partial charge >= 0.3 is 0 Å². The van der Waals surface area contributed by atoms with Gasteiger partial charge in [0, 0.05) is 13.0 Å². The van der Waals surface area contributed by atoms with Gasteiger partial charge in [0.15, 0.2) is 0 Å². The smallest absolute Gasteiger partial charge is 0.220 e. The number of carbonyl (C=O) groups is 1. The average Bonchev–Trinajstić information content (AvgIpc) is 2.02. The number of aliphatic hydroxyl groups excluding tert-OH is 1. The van der Waals surface area contributed by atoms with Crippen LogP contribution in [0.5, 0.6) is 0 Å². The summed E-state index contributed by atoms with van der Waals surface area (Å²) in [6, 6.07) is 0. The molecule has 3 nitrogen and oxygen atoms in total. The monoisotopic (exact) mass is 201 g/mol. The highest BCUT2D eigenvalue weighted by Crippen LogP contribution is 2.04. The van der Waals surface area contributed by atoms with E-state index >= 15 is 0 Å². The van der Waals surface area contributed by atoms with Crippen LogP contribution in [0, 0.1) is 11.8 Å². The standard InChI is InChI=1S/C11H23NO2/c1-8(2)7-11(14)12-6-5-10(13)9(3)4/h8-10,13H,5-7H2,1-4H3,(H,12,14). The van der Waals surface area contributed by atoms with Crippen LogP contribution in [-0.4, -0.2) is 23.7 Å². The van der Waals surface area contributed by atoms with Crippen LogP contribution in [-0.2, 0) is 4.79 Å². The van der Waals surface area contributed by atoms with E-state index in [1.165, 1.54) is 0 Å². The summed E-state index contributed by atoms with van der Waals surface area (Å²) in [6.07, 6.45) is 0.897. The molecule has 1 unspecified atom stereocenters. The van der Waals surface area contributed by atoms with Gasteiger partial charge in [-0.2, -0.15) is 0 Å². The van der Waals surface area contributed by atoms with Gasteiger partial charge in [-0.25, -0.2) is 0 Å². The third-order valence-corrected chi connectivity index (χ3v) is 2.13. The zero-order valence-corrected chi connectivity index (χ0v) is 9.71. The van der Waals surface area contributed by atoms with E-state index < -0.39 is 0 Å². The summed E-state index contributed by atoms with van der Waals surface area (Å²) in [5.74, 6) is 0.734. The van der Waals surface area contributed by atoms with Gasteiger partial charge in [-0.15, -0.1) is 0 Å². The summed E-state index contributed by atoms with van der Waals surface area (Å²) in [7, 11) is 0. The van der Waals surface area contributed by atoms with Crippen LogP contribution < -0.4 is 5.32 Å². The summed E-state index contributed by atoms with van der Waals surface area (Å²) in [4.78, 5) is 11.2. The van der Waals surface area contributed by atoms with Gasteiger partial charge in [0.1, 0.15) is 0 Å². The maximum Gasteiger partial charge on any atom is 0.220 e. The summed E-state index contributed by atoms with van der Waals surface area (Å²) < 4.78 is 0. The highest BCUT2D eigenvalue weighted by Gasteiger charge is 2.09. The molecule has 0 spiro atoms. The van der Waals surface area contributed by atoms with Gasteiger partial charge in [0.25, 0.3) is 0 Å². The van der Waals surface area contributed by atoms with Crippen molar-refractivity contribution in [2.45, 2.75) is 46.6 Å². The number of hydrogen-bond acceptors (Lipinski definition) is 2. The molecule has 1 amide bonds. The first-order valence-electron chi connectivity index (χ1n) is 5.38. The number of amides is 1. The average molecular weight is 201 g/mol. The molecule has 2 N–H and O–H groups in total. The molecule has 0 heterocycles. The Bertz CT molecular complexity index is 167. The van der Waals surface area contributed by atoms with Crippen molar-refractivity contribution >= 4 is 5.91 Å². The van der Waals surface area contributed by atoms with E-state index in [-0.39, 0.29) is 17.9 Å². The molecule has 0 saturated heterocycles. The van der Waals surface area contributed by atoms with Crippen LogP contribution in [0.1, 0.15) is 40.5 Å². The van der Waals surface area contributed by atoms with Gasteiger partial charge in [-0.3, -0.25) is 4.79 Å². The first-order valence-corrected chi connectivity index (χ1v) is 5.38. The minimum Gasteiger partial charge on any atom is -0.393 e. The Balaban J connectivity index is 3.49. The van der Waals surface area contributed by atoms with Gasteiger partial charge in [-0.1, -0.05) is 27.7 Å². The van der Waals surface area contributed by atoms with Crippen molar-refractivity contribution in [3.63, 3.8) is 0 Å². The van der Waals surface area contributed by atoms with Gasteiger partial charge < -0.3 is 10.4 Å². The van der Waals surface area contributed by atoms with Gasteiger partial charge in [-0.05, 0) is 18.3 Å². The van der Waals surface area contributed by atoms with Crippen LogP contribution in [0.4, 0.5) is 0 Å². The second kappa shape index (κ2) is 6.82. The lowest BCUT2D eigenvalue weighted by Crippen LogP contribution is -2.29. The van der Waals surface area contributed by atoms with Crippen LogP contribution in [0.2, 0.25) is 0 Å². The maximum atomic E-state index is 11.2. The lowest BCUT2D eigenvalue weighted by molar-refractivity contribution is -0.121. The number of carbonyl (C=O) groups excluding carboxylic acids is 1. The highest BCUT2D eigenvalue weighted by molar-refractivity contribution is 5.75. The second-order valence-electron chi connectivity index (χ2n) is 4.55. The molecule has 84 valence electrons. The van der Waals surface area contributed by atoms with Crippen molar-refractivity contribution in [1.82, 2.24) is 5.32 Å². The molecular formula is C11H23NO2. The molecule has 1 atom stereocenters. The molecule has 14 heavy (non-hydrogen) atoms. The van der Waals surface area contributed by atoms with Gasteiger partial charge in [0.05, 0.1) is 6.10 Å². The molecule has 0 aromatic rings. The predicted molar refractivity (Wildman–Crippen MR) is 57.9 cm³/mol. The minimum absolute atomic E-state index is 0.0796. The van der Waals surface area contributed by atoms with Crippen molar-refractivity contribution in [2.75, 3.05) is 6.54 Å². The molecule has 0 aromatic heterocycles. The fourth-order valence-electron chi connectivity index (χ4n) is 1.14. The number of rotatable bonds is 6. The normalized spacial score (nSPS) is 13.4. The number of nitrogens with one attached hydrogen (secondary N) is 1. The van der Waals surface area contributed by atoms with Crippen LogP contribution >= 0.6 is 0 Å². The molecule has 0 saturated carbocycles. The molecule has 0 aliphatic carbocycles. The van der Waals surface area contributed by atoms with Crippen LogP contribution in [0.15, 0.2) is 0 Å². The first-order chi connectivity index (χ1) is 6.43.